The van der Waals surface area contributed by atoms with E-state index in [-0.39, 0.29) is 12.6 Å². The maximum atomic E-state index is 11.1. The van der Waals surface area contributed by atoms with E-state index in [1.165, 1.54) is 0 Å². The Labute approximate surface area is 121 Å². The zero-order chi connectivity index (χ0) is 14.0. The molecular weight excluding hydrogens is 289 g/mol. The SMILES string of the molecule is CN(Cc1cc(Cl)ccc1Cl)C1COCC1C(=O)O. The van der Waals surface area contributed by atoms with E-state index in [0.29, 0.717) is 23.2 Å². The van der Waals surface area contributed by atoms with Crippen LogP contribution in [0.2, 0.25) is 10.0 Å². The van der Waals surface area contributed by atoms with Crippen molar-refractivity contribution in [3.8, 4) is 0 Å². The maximum Gasteiger partial charge on any atom is 0.310 e. The zero-order valence-corrected chi connectivity index (χ0v) is 12.0. The van der Waals surface area contributed by atoms with E-state index in [2.05, 4.69) is 0 Å². The fraction of sp³-hybridized carbons (Fsp3) is 0.462. The molecule has 4 nitrogen and oxygen atoms in total. The van der Waals surface area contributed by atoms with Crippen LogP contribution in [0.25, 0.3) is 0 Å². The summed E-state index contributed by atoms with van der Waals surface area (Å²) < 4.78 is 5.26. The molecule has 1 aliphatic rings. The summed E-state index contributed by atoms with van der Waals surface area (Å²) in [6.45, 7) is 1.22. The van der Waals surface area contributed by atoms with Gasteiger partial charge >= 0.3 is 5.97 Å². The van der Waals surface area contributed by atoms with Gasteiger partial charge < -0.3 is 9.84 Å². The molecule has 2 atom stereocenters. The number of carbonyl (C=O) groups is 1. The van der Waals surface area contributed by atoms with Crippen LogP contribution in [0.3, 0.4) is 0 Å². The Morgan fingerprint density at radius 3 is 2.89 bits per heavy atom. The molecule has 0 saturated carbocycles. The first kappa shape index (κ1) is 14.6. The van der Waals surface area contributed by atoms with Crippen LogP contribution in [0.1, 0.15) is 5.56 Å². The van der Waals surface area contributed by atoms with Gasteiger partial charge in [-0.3, -0.25) is 9.69 Å². The summed E-state index contributed by atoms with van der Waals surface area (Å²) in [6, 6.07) is 5.12. The third-order valence-electron chi connectivity index (χ3n) is 3.36. The van der Waals surface area contributed by atoms with Crippen molar-refractivity contribution in [2.45, 2.75) is 12.6 Å². The minimum Gasteiger partial charge on any atom is -0.481 e. The molecule has 0 radical (unpaired) electrons. The lowest BCUT2D eigenvalue weighted by atomic mass is 10.0. The summed E-state index contributed by atoms with van der Waals surface area (Å²) in [7, 11) is 1.87. The summed E-state index contributed by atoms with van der Waals surface area (Å²) in [4.78, 5) is 13.1. The van der Waals surface area contributed by atoms with Gasteiger partial charge in [-0.2, -0.15) is 0 Å². The molecule has 1 fully saturated rings. The molecule has 0 aliphatic carbocycles. The summed E-state index contributed by atoms with van der Waals surface area (Å²) in [5.74, 6) is -1.32. The average molecular weight is 304 g/mol. The van der Waals surface area contributed by atoms with Crippen molar-refractivity contribution < 1.29 is 14.6 Å². The van der Waals surface area contributed by atoms with Gasteiger partial charge in [0, 0.05) is 22.6 Å². The van der Waals surface area contributed by atoms with Crippen LogP contribution in [-0.4, -0.2) is 42.3 Å². The molecule has 2 rings (SSSR count). The molecule has 1 heterocycles. The van der Waals surface area contributed by atoms with Gasteiger partial charge in [0.25, 0.3) is 0 Å². The Hall–Kier alpha value is -0.810. The summed E-state index contributed by atoms with van der Waals surface area (Å²) in [6.07, 6.45) is 0. The molecule has 1 aromatic carbocycles. The molecule has 0 aromatic heterocycles. The predicted octanol–water partition coefficient (Wildman–Crippen LogP) is 2.52. The van der Waals surface area contributed by atoms with Gasteiger partial charge in [-0.15, -0.1) is 0 Å². The van der Waals surface area contributed by atoms with E-state index < -0.39 is 11.9 Å². The van der Waals surface area contributed by atoms with E-state index >= 15 is 0 Å². The molecule has 2 unspecified atom stereocenters. The molecule has 0 bridgehead atoms. The van der Waals surface area contributed by atoms with Crippen molar-refractivity contribution in [3.05, 3.63) is 33.8 Å². The largest absolute Gasteiger partial charge is 0.481 e. The van der Waals surface area contributed by atoms with Crippen molar-refractivity contribution in [1.82, 2.24) is 4.90 Å². The number of ether oxygens (including phenoxy) is 1. The van der Waals surface area contributed by atoms with Crippen LogP contribution in [0.15, 0.2) is 18.2 Å². The van der Waals surface area contributed by atoms with E-state index in [9.17, 15) is 4.79 Å². The van der Waals surface area contributed by atoms with E-state index in [4.69, 9.17) is 33.0 Å². The Bertz CT molecular complexity index is 481. The fourth-order valence-electron chi connectivity index (χ4n) is 2.26. The second kappa shape index (κ2) is 6.09. The van der Waals surface area contributed by atoms with Crippen LogP contribution in [0, 0.1) is 5.92 Å². The highest BCUT2D eigenvalue weighted by atomic mass is 35.5. The van der Waals surface area contributed by atoms with Gasteiger partial charge in [0.15, 0.2) is 0 Å². The topological polar surface area (TPSA) is 49.8 Å². The highest BCUT2D eigenvalue weighted by Crippen LogP contribution is 2.25. The van der Waals surface area contributed by atoms with Crippen LogP contribution in [0.4, 0.5) is 0 Å². The number of hydrogen-bond acceptors (Lipinski definition) is 3. The summed E-state index contributed by atoms with van der Waals surface area (Å²) >= 11 is 12.1. The minimum absolute atomic E-state index is 0.146. The second-order valence-electron chi connectivity index (χ2n) is 4.70. The van der Waals surface area contributed by atoms with Gasteiger partial charge in [-0.1, -0.05) is 23.2 Å². The molecule has 1 N–H and O–H groups in total. The highest BCUT2D eigenvalue weighted by Gasteiger charge is 2.36. The number of nitrogens with zero attached hydrogens (tertiary/aromatic N) is 1. The van der Waals surface area contributed by atoms with E-state index in [0.717, 1.165) is 5.56 Å². The number of halogens is 2. The van der Waals surface area contributed by atoms with Crippen molar-refractivity contribution in [1.29, 1.82) is 0 Å². The van der Waals surface area contributed by atoms with Crippen LogP contribution in [-0.2, 0) is 16.1 Å². The van der Waals surface area contributed by atoms with Crippen LogP contribution in [0.5, 0.6) is 0 Å². The van der Waals surface area contributed by atoms with Gasteiger partial charge in [-0.05, 0) is 30.8 Å². The van der Waals surface area contributed by atoms with Gasteiger partial charge in [-0.25, -0.2) is 0 Å². The highest BCUT2D eigenvalue weighted by molar-refractivity contribution is 6.33. The van der Waals surface area contributed by atoms with E-state index in [1.807, 2.05) is 11.9 Å². The quantitative estimate of drug-likeness (QED) is 0.928. The lowest BCUT2D eigenvalue weighted by Gasteiger charge is -2.26. The first-order valence-corrected chi connectivity index (χ1v) is 6.69. The first-order chi connectivity index (χ1) is 8.99. The molecule has 0 amide bonds. The standard InChI is InChI=1S/C13H15Cl2NO3/c1-16(12-7-19-6-10(12)13(17)18)5-8-4-9(14)2-3-11(8)15/h2-4,10,12H,5-7H2,1H3,(H,17,18). The summed E-state index contributed by atoms with van der Waals surface area (Å²) in [5, 5.41) is 10.4. The van der Waals surface area contributed by atoms with Crippen molar-refractivity contribution in [2.24, 2.45) is 5.92 Å². The molecule has 1 aliphatic heterocycles. The van der Waals surface area contributed by atoms with Crippen LogP contribution < -0.4 is 0 Å². The number of carboxylic acids is 1. The van der Waals surface area contributed by atoms with Gasteiger partial charge in [0.1, 0.15) is 0 Å². The van der Waals surface area contributed by atoms with Gasteiger partial charge in [0.2, 0.25) is 0 Å². The Kier molecular flexibility index (Phi) is 4.68. The molecular formula is C13H15Cl2NO3. The second-order valence-corrected chi connectivity index (χ2v) is 5.54. The molecule has 1 saturated heterocycles. The van der Waals surface area contributed by atoms with Crippen molar-refractivity contribution >= 4 is 29.2 Å². The maximum absolute atomic E-state index is 11.1. The number of rotatable bonds is 4. The third-order valence-corrected chi connectivity index (χ3v) is 3.97. The Morgan fingerprint density at radius 2 is 2.21 bits per heavy atom. The number of aliphatic carboxylic acids is 1. The molecule has 6 heteroatoms. The average Bonchev–Trinajstić information content (AvgIpc) is 2.83. The Morgan fingerprint density at radius 1 is 1.47 bits per heavy atom. The normalized spacial score (nSPS) is 22.9. The molecule has 1 aromatic rings. The Balaban J connectivity index is 2.10. The molecule has 19 heavy (non-hydrogen) atoms. The first-order valence-electron chi connectivity index (χ1n) is 5.93. The minimum atomic E-state index is -0.827. The lowest BCUT2D eigenvalue weighted by Crippen LogP contribution is -2.40. The molecule has 104 valence electrons. The van der Waals surface area contributed by atoms with Crippen molar-refractivity contribution in [3.63, 3.8) is 0 Å². The smallest absolute Gasteiger partial charge is 0.310 e. The lowest BCUT2D eigenvalue weighted by molar-refractivity contribution is -0.143. The molecule has 0 spiro atoms. The third kappa shape index (κ3) is 3.39. The van der Waals surface area contributed by atoms with Crippen molar-refractivity contribution in [2.75, 3.05) is 20.3 Å². The number of benzene rings is 1. The summed E-state index contributed by atoms with van der Waals surface area (Å²) in [5.41, 5.74) is 0.882. The van der Waals surface area contributed by atoms with Gasteiger partial charge in [0.05, 0.1) is 19.1 Å². The number of carboxylic acid groups (broad SMARTS) is 1. The van der Waals surface area contributed by atoms with E-state index in [1.54, 1.807) is 18.2 Å². The number of likely N-dealkylation sites (N-methyl/N-ethyl adjacent to an activating group) is 1. The number of hydrogen-bond donors (Lipinski definition) is 1. The van der Waals surface area contributed by atoms with Crippen LogP contribution >= 0.6 is 23.2 Å². The monoisotopic (exact) mass is 303 g/mol. The predicted molar refractivity (Wildman–Crippen MR) is 73.7 cm³/mol. The zero-order valence-electron chi connectivity index (χ0n) is 10.5. The fourth-order valence-corrected chi connectivity index (χ4v) is 2.64.